The lowest BCUT2D eigenvalue weighted by Gasteiger charge is -2.11. The van der Waals surface area contributed by atoms with Gasteiger partial charge in [-0.25, -0.2) is 9.37 Å². The molecule has 0 fully saturated rings. The van der Waals surface area contributed by atoms with Gasteiger partial charge in [0.1, 0.15) is 12.1 Å². The second-order valence-electron chi connectivity index (χ2n) is 3.66. The Hall–Kier alpha value is -1.41. The Morgan fingerprint density at radius 3 is 3.00 bits per heavy atom. The molecular formula is C11H10BrFN4OS. The Kier molecular flexibility index (Phi) is 4.54. The van der Waals surface area contributed by atoms with Crippen LogP contribution in [0.2, 0.25) is 0 Å². The van der Waals surface area contributed by atoms with Crippen LogP contribution in [0.4, 0.5) is 10.1 Å². The molecule has 0 spiro atoms. The normalized spacial score (nSPS) is 12.2. The minimum atomic E-state index is -0.486. The number of carbonyl (C=O) groups is 1. The van der Waals surface area contributed by atoms with E-state index in [9.17, 15) is 9.18 Å². The predicted octanol–water partition coefficient (Wildman–Crippen LogP) is 2.83. The lowest BCUT2D eigenvalue weighted by Crippen LogP contribution is -2.23. The Balaban J connectivity index is 2.00. The largest absolute Gasteiger partial charge is 0.323 e. The average Bonchev–Trinajstić information content (AvgIpc) is 2.85. The zero-order valence-electron chi connectivity index (χ0n) is 9.85. The van der Waals surface area contributed by atoms with E-state index >= 15 is 0 Å². The molecule has 1 aromatic carbocycles. The van der Waals surface area contributed by atoms with Crippen molar-refractivity contribution < 1.29 is 9.18 Å². The Morgan fingerprint density at radius 2 is 2.37 bits per heavy atom. The molecule has 8 heteroatoms. The Morgan fingerprint density at radius 1 is 1.58 bits per heavy atom. The number of hydrogen-bond acceptors (Lipinski definition) is 4. The summed E-state index contributed by atoms with van der Waals surface area (Å²) in [5.74, 6) is -0.790. The van der Waals surface area contributed by atoms with Gasteiger partial charge in [-0.2, -0.15) is 5.10 Å². The third-order valence-electron chi connectivity index (χ3n) is 2.24. The van der Waals surface area contributed by atoms with E-state index in [1.54, 1.807) is 13.0 Å². The number of H-pyrrole nitrogens is 1. The number of carbonyl (C=O) groups excluding carboxylic acids is 1. The van der Waals surface area contributed by atoms with Crippen LogP contribution in [-0.4, -0.2) is 26.3 Å². The molecule has 0 bridgehead atoms. The number of aromatic nitrogens is 3. The van der Waals surface area contributed by atoms with E-state index in [0.29, 0.717) is 9.63 Å². The van der Waals surface area contributed by atoms with Crippen molar-refractivity contribution in [2.75, 3.05) is 5.32 Å². The maximum atomic E-state index is 13.6. The molecule has 0 aliphatic carbocycles. The second-order valence-corrected chi connectivity index (χ2v) is 5.91. The molecule has 0 radical (unpaired) electrons. The molecule has 1 atom stereocenters. The van der Waals surface area contributed by atoms with Crippen molar-refractivity contribution in [1.82, 2.24) is 15.2 Å². The number of aromatic amines is 1. The third kappa shape index (κ3) is 3.77. The summed E-state index contributed by atoms with van der Waals surface area (Å²) >= 11 is 4.37. The summed E-state index contributed by atoms with van der Waals surface area (Å²) in [5.41, 5.74) is 0.151. The standard InChI is InChI=1S/C11H10BrFN4OS/c1-6(19-11-14-5-15-17-11)10(18)16-9-3-2-7(12)4-8(9)13/h2-6H,1H3,(H,16,18)(H,14,15,17)/t6-/m0/s1. The van der Waals surface area contributed by atoms with E-state index in [2.05, 4.69) is 36.4 Å². The first kappa shape index (κ1) is 14.0. The molecule has 100 valence electrons. The van der Waals surface area contributed by atoms with Crippen LogP contribution in [0.15, 0.2) is 34.2 Å². The van der Waals surface area contributed by atoms with E-state index in [1.807, 2.05) is 0 Å². The maximum absolute atomic E-state index is 13.6. The van der Waals surface area contributed by atoms with Crippen molar-refractivity contribution >= 4 is 39.3 Å². The van der Waals surface area contributed by atoms with Gasteiger partial charge < -0.3 is 5.32 Å². The molecule has 0 aliphatic heterocycles. The van der Waals surface area contributed by atoms with Gasteiger partial charge in [0.25, 0.3) is 0 Å². The van der Waals surface area contributed by atoms with Gasteiger partial charge in [0.05, 0.1) is 10.9 Å². The number of nitrogens with one attached hydrogen (secondary N) is 2. The third-order valence-corrected chi connectivity index (χ3v) is 3.72. The molecule has 2 rings (SSSR count). The molecule has 19 heavy (non-hydrogen) atoms. The van der Waals surface area contributed by atoms with E-state index in [-0.39, 0.29) is 11.6 Å². The molecule has 2 N–H and O–H groups in total. The van der Waals surface area contributed by atoms with Crippen LogP contribution >= 0.6 is 27.7 Å². The number of anilines is 1. The average molecular weight is 345 g/mol. The molecule has 1 amide bonds. The first-order valence-corrected chi connectivity index (χ1v) is 7.01. The van der Waals surface area contributed by atoms with Crippen molar-refractivity contribution in [1.29, 1.82) is 0 Å². The van der Waals surface area contributed by atoms with E-state index in [0.717, 1.165) is 0 Å². The number of halogens is 2. The lowest BCUT2D eigenvalue weighted by molar-refractivity contribution is -0.115. The summed E-state index contributed by atoms with van der Waals surface area (Å²) in [7, 11) is 0. The van der Waals surface area contributed by atoms with E-state index < -0.39 is 11.1 Å². The van der Waals surface area contributed by atoms with Gasteiger partial charge in [-0.1, -0.05) is 27.7 Å². The number of nitrogens with zero attached hydrogens (tertiary/aromatic N) is 2. The van der Waals surface area contributed by atoms with Gasteiger partial charge in [-0.15, -0.1) is 0 Å². The van der Waals surface area contributed by atoms with Crippen molar-refractivity contribution in [3.8, 4) is 0 Å². The van der Waals surface area contributed by atoms with Crippen molar-refractivity contribution in [2.24, 2.45) is 0 Å². The molecular weight excluding hydrogens is 335 g/mol. The highest BCUT2D eigenvalue weighted by molar-refractivity contribution is 9.10. The monoisotopic (exact) mass is 344 g/mol. The molecule has 0 aliphatic rings. The molecule has 1 aromatic heterocycles. The van der Waals surface area contributed by atoms with Gasteiger partial charge >= 0.3 is 0 Å². The highest BCUT2D eigenvalue weighted by Gasteiger charge is 2.17. The summed E-state index contributed by atoms with van der Waals surface area (Å²) in [6, 6.07) is 4.46. The lowest BCUT2D eigenvalue weighted by atomic mass is 10.3. The van der Waals surface area contributed by atoms with Crippen molar-refractivity contribution in [3.63, 3.8) is 0 Å². The molecule has 1 heterocycles. The quantitative estimate of drug-likeness (QED) is 0.836. The minimum Gasteiger partial charge on any atom is -0.323 e. The van der Waals surface area contributed by atoms with Crippen LogP contribution < -0.4 is 5.32 Å². The molecule has 0 saturated carbocycles. The molecule has 5 nitrogen and oxygen atoms in total. The summed E-state index contributed by atoms with van der Waals surface area (Å²) in [5, 5.41) is 8.99. The van der Waals surface area contributed by atoms with Crippen molar-refractivity contribution in [3.05, 3.63) is 34.8 Å². The van der Waals surface area contributed by atoms with E-state index in [1.165, 1.54) is 30.2 Å². The summed E-state index contributed by atoms with van der Waals surface area (Å²) in [6.45, 7) is 1.71. The van der Waals surface area contributed by atoms with Gasteiger partial charge in [0.15, 0.2) is 5.16 Å². The van der Waals surface area contributed by atoms with Crippen LogP contribution in [0.5, 0.6) is 0 Å². The van der Waals surface area contributed by atoms with Gasteiger partial charge in [0, 0.05) is 4.47 Å². The smallest absolute Gasteiger partial charge is 0.237 e. The van der Waals surface area contributed by atoms with Crippen LogP contribution in [-0.2, 0) is 4.79 Å². The summed E-state index contributed by atoms with van der Waals surface area (Å²) < 4.78 is 14.2. The predicted molar refractivity (Wildman–Crippen MR) is 74.4 cm³/mol. The first-order chi connectivity index (χ1) is 9.06. The number of hydrogen-bond donors (Lipinski definition) is 2. The van der Waals surface area contributed by atoms with E-state index in [4.69, 9.17) is 0 Å². The summed E-state index contributed by atoms with van der Waals surface area (Å²) in [4.78, 5) is 15.8. The maximum Gasteiger partial charge on any atom is 0.237 e. The fourth-order valence-corrected chi connectivity index (χ4v) is 2.34. The number of rotatable bonds is 4. The SMILES string of the molecule is C[C@H](Sc1ncn[nH]1)C(=O)Nc1ccc(Br)cc1F. The zero-order valence-corrected chi connectivity index (χ0v) is 12.3. The summed E-state index contributed by atoms with van der Waals surface area (Å²) in [6.07, 6.45) is 1.36. The molecule has 2 aromatic rings. The highest BCUT2D eigenvalue weighted by Crippen LogP contribution is 2.22. The number of thioether (sulfide) groups is 1. The van der Waals surface area contributed by atoms with Crippen LogP contribution in [0.1, 0.15) is 6.92 Å². The molecule has 0 unspecified atom stereocenters. The van der Waals surface area contributed by atoms with Crippen molar-refractivity contribution in [2.45, 2.75) is 17.3 Å². The van der Waals surface area contributed by atoms with Gasteiger partial charge in [-0.05, 0) is 25.1 Å². The fraction of sp³-hybridized carbons (Fsp3) is 0.182. The zero-order chi connectivity index (χ0) is 13.8. The molecule has 0 saturated heterocycles. The highest BCUT2D eigenvalue weighted by atomic mass is 79.9. The van der Waals surface area contributed by atoms with Crippen LogP contribution in [0.3, 0.4) is 0 Å². The number of benzene rings is 1. The van der Waals surface area contributed by atoms with Gasteiger partial charge in [0.2, 0.25) is 5.91 Å². The van der Waals surface area contributed by atoms with Crippen LogP contribution in [0.25, 0.3) is 0 Å². The number of amides is 1. The second kappa shape index (κ2) is 6.16. The first-order valence-electron chi connectivity index (χ1n) is 5.34. The van der Waals surface area contributed by atoms with Crippen LogP contribution in [0, 0.1) is 5.82 Å². The minimum absolute atomic E-state index is 0.151. The Labute approximate surface area is 121 Å². The Bertz CT molecular complexity index is 578. The van der Waals surface area contributed by atoms with Gasteiger partial charge in [-0.3, -0.25) is 9.89 Å². The topological polar surface area (TPSA) is 70.7 Å². The fourth-order valence-electron chi connectivity index (χ4n) is 1.30.